The lowest BCUT2D eigenvalue weighted by molar-refractivity contribution is -0.142. The minimum atomic E-state index is -1.30. The number of hydrogen-bond acceptors (Lipinski definition) is 5. The summed E-state index contributed by atoms with van der Waals surface area (Å²) < 4.78 is 5.41. The number of carbonyl (C=O) groups is 3. The van der Waals surface area contributed by atoms with Crippen LogP contribution in [-0.2, 0) is 14.3 Å². The average Bonchev–Trinajstić information content (AvgIpc) is 3.10. The minimum absolute atomic E-state index is 0.0620. The predicted molar refractivity (Wildman–Crippen MR) is 117 cm³/mol. The van der Waals surface area contributed by atoms with Gasteiger partial charge in [0.05, 0.1) is 0 Å². The zero-order chi connectivity index (χ0) is 23.1. The van der Waals surface area contributed by atoms with Gasteiger partial charge in [-0.3, -0.25) is 4.79 Å². The van der Waals surface area contributed by atoms with E-state index in [1.54, 1.807) is 0 Å². The van der Waals surface area contributed by atoms with Crippen molar-refractivity contribution in [2.24, 2.45) is 0 Å². The number of aliphatic carboxylic acids is 1. The second kappa shape index (κ2) is 10.5. The summed E-state index contributed by atoms with van der Waals surface area (Å²) in [6, 6.07) is 13.3. The first kappa shape index (κ1) is 22.8. The molecule has 32 heavy (non-hydrogen) atoms. The first-order chi connectivity index (χ1) is 15.5. The van der Waals surface area contributed by atoms with Crippen LogP contribution in [0.3, 0.4) is 0 Å². The van der Waals surface area contributed by atoms with Crippen LogP contribution < -0.4 is 10.6 Å². The zero-order valence-electron chi connectivity index (χ0n) is 17.3. The molecule has 1 aliphatic rings. The second-order valence-electron chi connectivity index (χ2n) is 7.34. The fourth-order valence-electron chi connectivity index (χ4n) is 3.77. The lowest BCUT2D eigenvalue weighted by Crippen LogP contribution is -2.51. The fraction of sp³-hybridized carbons (Fsp3) is 0.292. The number of aliphatic hydroxyl groups is 1. The number of rotatable bonds is 9. The number of hydrogen-bond donors (Lipinski definition) is 4. The van der Waals surface area contributed by atoms with Crippen LogP contribution in [0, 0.1) is 12.3 Å². The molecule has 0 bridgehead atoms. The third-order valence-electron chi connectivity index (χ3n) is 5.31. The van der Waals surface area contributed by atoms with E-state index in [-0.39, 0.29) is 25.4 Å². The van der Waals surface area contributed by atoms with Crippen molar-refractivity contribution in [3.05, 3.63) is 59.7 Å². The highest BCUT2D eigenvalue weighted by Crippen LogP contribution is 2.44. The number of benzene rings is 2. The van der Waals surface area contributed by atoms with Crippen LogP contribution in [0.1, 0.15) is 29.9 Å². The van der Waals surface area contributed by atoms with E-state index in [2.05, 4.69) is 16.6 Å². The van der Waals surface area contributed by atoms with Crippen molar-refractivity contribution >= 4 is 18.0 Å². The first-order valence-electron chi connectivity index (χ1n) is 10.1. The number of terminal acetylenes is 1. The summed E-state index contributed by atoms with van der Waals surface area (Å²) in [4.78, 5) is 36.0. The standard InChI is InChI=1S/C24H24N2O6/c1-2-7-20(22(28)25-21(12-13-27)23(29)30)26-24(31)32-14-19-17-10-5-3-8-15(17)16-9-4-6-11-18(16)19/h1,3-6,8-11,19-21,27H,7,12-14H2,(H,25,28)(H,26,31)(H,29,30)/t20?,21-/m1/s1. The molecule has 0 spiro atoms. The highest BCUT2D eigenvalue weighted by molar-refractivity contribution is 5.89. The number of carboxylic acids is 1. The van der Waals surface area contributed by atoms with Crippen molar-refractivity contribution in [2.45, 2.75) is 30.8 Å². The number of amides is 2. The van der Waals surface area contributed by atoms with Crippen LogP contribution in [0.25, 0.3) is 11.1 Å². The van der Waals surface area contributed by atoms with E-state index in [1.165, 1.54) is 0 Å². The third-order valence-corrected chi connectivity index (χ3v) is 5.31. The van der Waals surface area contributed by atoms with Crippen LogP contribution in [-0.4, -0.2) is 53.5 Å². The number of ether oxygens (including phenoxy) is 1. The van der Waals surface area contributed by atoms with Crippen LogP contribution in [0.15, 0.2) is 48.5 Å². The Labute approximate surface area is 185 Å². The van der Waals surface area contributed by atoms with Gasteiger partial charge < -0.3 is 25.6 Å². The van der Waals surface area contributed by atoms with Gasteiger partial charge in [-0.25, -0.2) is 9.59 Å². The molecule has 0 saturated heterocycles. The molecule has 1 aliphatic carbocycles. The monoisotopic (exact) mass is 436 g/mol. The van der Waals surface area contributed by atoms with E-state index in [4.69, 9.17) is 21.4 Å². The number of aliphatic hydroxyl groups excluding tert-OH is 1. The molecule has 0 fully saturated rings. The molecular formula is C24H24N2O6. The number of carbonyl (C=O) groups excluding carboxylic acids is 2. The fourth-order valence-corrected chi connectivity index (χ4v) is 3.77. The summed E-state index contributed by atoms with van der Waals surface area (Å²) in [5.74, 6) is 0.0749. The molecule has 4 N–H and O–H groups in total. The molecule has 0 saturated carbocycles. The maximum atomic E-state index is 12.4. The first-order valence-corrected chi connectivity index (χ1v) is 10.1. The van der Waals surface area contributed by atoms with Gasteiger partial charge in [0.15, 0.2) is 0 Å². The molecule has 166 valence electrons. The molecular weight excluding hydrogens is 412 g/mol. The molecule has 1 unspecified atom stereocenters. The molecule has 0 radical (unpaired) electrons. The molecule has 2 aromatic rings. The summed E-state index contributed by atoms with van der Waals surface area (Å²) in [5.41, 5.74) is 4.27. The Hall–Kier alpha value is -3.83. The van der Waals surface area contributed by atoms with Gasteiger partial charge in [0, 0.05) is 25.4 Å². The SMILES string of the molecule is C#CCC(NC(=O)OCC1c2ccccc2-c2ccccc21)C(=O)N[C@H](CCO)C(=O)O. The Balaban J connectivity index is 1.65. The summed E-state index contributed by atoms with van der Waals surface area (Å²) in [6.07, 6.45) is 4.13. The van der Waals surface area contributed by atoms with Gasteiger partial charge in [-0.15, -0.1) is 12.3 Å². The van der Waals surface area contributed by atoms with E-state index in [0.717, 1.165) is 22.3 Å². The largest absolute Gasteiger partial charge is 0.480 e. The summed E-state index contributed by atoms with van der Waals surface area (Å²) in [5, 5.41) is 22.8. The van der Waals surface area contributed by atoms with Crippen molar-refractivity contribution < 1.29 is 29.3 Å². The number of carboxylic acid groups (broad SMARTS) is 1. The van der Waals surface area contributed by atoms with Gasteiger partial charge in [0.2, 0.25) is 5.91 Å². The Morgan fingerprint density at radius 3 is 2.12 bits per heavy atom. The molecule has 2 aromatic carbocycles. The summed E-state index contributed by atoms with van der Waals surface area (Å²) in [6.45, 7) is -0.358. The molecule has 2 atom stereocenters. The van der Waals surface area contributed by atoms with Gasteiger partial charge in [-0.05, 0) is 22.3 Å². The van der Waals surface area contributed by atoms with Crippen molar-refractivity contribution in [2.75, 3.05) is 13.2 Å². The van der Waals surface area contributed by atoms with Crippen molar-refractivity contribution in [1.82, 2.24) is 10.6 Å². The maximum Gasteiger partial charge on any atom is 0.407 e. The Bertz CT molecular complexity index is 999. The van der Waals surface area contributed by atoms with E-state index in [0.29, 0.717) is 0 Å². The third kappa shape index (κ3) is 5.07. The number of nitrogens with one attached hydrogen (secondary N) is 2. The normalized spacial score (nSPS) is 13.8. The Morgan fingerprint density at radius 2 is 1.59 bits per heavy atom. The van der Waals surface area contributed by atoms with Crippen LogP contribution in [0.2, 0.25) is 0 Å². The highest BCUT2D eigenvalue weighted by Gasteiger charge is 2.30. The lowest BCUT2D eigenvalue weighted by Gasteiger charge is -2.20. The summed E-state index contributed by atoms with van der Waals surface area (Å²) >= 11 is 0. The van der Waals surface area contributed by atoms with Crippen molar-refractivity contribution in [3.8, 4) is 23.5 Å². The van der Waals surface area contributed by atoms with Crippen molar-refractivity contribution in [3.63, 3.8) is 0 Å². The van der Waals surface area contributed by atoms with Gasteiger partial charge >= 0.3 is 12.1 Å². The van der Waals surface area contributed by atoms with Crippen LogP contribution in [0.4, 0.5) is 4.79 Å². The average molecular weight is 436 g/mol. The smallest absolute Gasteiger partial charge is 0.407 e. The van der Waals surface area contributed by atoms with E-state index >= 15 is 0 Å². The minimum Gasteiger partial charge on any atom is -0.480 e. The molecule has 8 heteroatoms. The lowest BCUT2D eigenvalue weighted by atomic mass is 9.98. The van der Waals surface area contributed by atoms with Gasteiger partial charge in [0.1, 0.15) is 18.7 Å². The van der Waals surface area contributed by atoms with E-state index < -0.39 is 36.7 Å². The van der Waals surface area contributed by atoms with E-state index in [9.17, 15) is 14.4 Å². The molecule has 2 amide bonds. The van der Waals surface area contributed by atoms with Gasteiger partial charge in [0.25, 0.3) is 0 Å². The van der Waals surface area contributed by atoms with E-state index in [1.807, 2.05) is 48.5 Å². The topological polar surface area (TPSA) is 125 Å². The molecule has 8 nitrogen and oxygen atoms in total. The van der Waals surface area contributed by atoms with Crippen LogP contribution in [0.5, 0.6) is 0 Å². The van der Waals surface area contributed by atoms with Gasteiger partial charge in [-0.1, -0.05) is 48.5 Å². The maximum absolute atomic E-state index is 12.4. The zero-order valence-corrected chi connectivity index (χ0v) is 17.3. The van der Waals surface area contributed by atoms with Gasteiger partial charge in [-0.2, -0.15) is 0 Å². The highest BCUT2D eigenvalue weighted by atomic mass is 16.5. The Morgan fingerprint density at radius 1 is 1.00 bits per heavy atom. The molecule has 0 aromatic heterocycles. The predicted octanol–water partition coefficient (Wildman–Crippen LogP) is 1.87. The number of alkyl carbamates (subject to hydrolysis) is 1. The molecule has 3 rings (SSSR count). The number of fused-ring (bicyclic) bond motifs is 3. The Kier molecular flexibility index (Phi) is 7.47. The quantitative estimate of drug-likeness (QED) is 0.445. The molecule has 0 heterocycles. The summed E-state index contributed by atoms with van der Waals surface area (Å²) in [7, 11) is 0. The molecule has 0 aliphatic heterocycles. The van der Waals surface area contributed by atoms with Crippen LogP contribution >= 0.6 is 0 Å². The van der Waals surface area contributed by atoms with Crippen molar-refractivity contribution in [1.29, 1.82) is 0 Å². The second-order valence-corrected chi connectivity index (χ2v) is 7.34.